The van der Waals surface area contributed by atoms with E-state index in [0.29, 0.717) is 17.5 Å². The Morgan fingerprint density at radius 1 is 0.531 bits per heavy atom. The van der Waals surface area contributed by atoms with Gasteiger partial charge in [0.15, 0.2) is 5.75 Å². The summed E-state index contributed by atoms with van der Waals surface area (Å²) in [6.45, 7) is 0. The van der Waals surface area contributed by atoms with Crippen molar-refractivity contribution in [1.29, 1.82) is 0 Å². The predicted molar refractivity (Wildman–Crippen MR) is 172 cm³/mol. The number of phenols is 1. The number of fused-ring (bicyclic) bond motifs is 2. The molecule has 0 atom stereocenters. The summed E-state index contributed by atoms with van der Waals surface area (Å²) in [5, 5.41) is 24.7. The number of nitrogen functional groups attached to an aromatic ring is 2. The highest BCUT2D eigenvalue weighted by Crippen LogP contribution is 2.48. The van der Waals surface area contributed by atoms with Crippen molar-refractivity contribution in [3.63, 3.8) is 0 Å². The third-order valence-electron chi connectivity index (χ3n) is 6.77. The summed E-state index contributed by atoms with van der Waals surface area (Å²) >= 11 is 0. The van der Waals surface area contributed by atoms with Crippen molar-refractivity contribution in [3.8, 4) is 5.75 Å². The van der Waals surface area contributed by atoms with Gasteiger partial charge < -0.3 is 16.6 Å². The fraction of sp³-hybridized carbons (Fsp3) is 0. The number of azo groups is 2. The van der Waals surface area contributed by atoms with Gasteiger partial charge in [0.1, 0.15) is 42.3 Å². The van der Waals surface area contributed by atoms with Crippen molar-refractivity contribution in [2.24, 2.45) is 20.5 Å². The fourth-order valence-corrected chi connectivity index (χ4v) is 7.51. The Labute approximate surface area is 276 Å². The molecule has 0 fully saturated rings. The quantitative estimate of drug-likeness (QED) is 0.0642. The maximum Gasteiger partial charge on any atom is 0.297 e. The summed E-state index contributed by atoms with van der Waals surface area (Å²) in [6.07, 6.45) is 0. The lowest BCUT2D eigenvalue weighted by molar-refractivity contribution is 0.471. The Kier molecular flexibility index (Phi) is 8.67. The number of nitrogens with zero attached hydrogens (tertiary/aromatic N) is 4. The van der Waals surface area contributed by atoms with E-state index in [2.05, 4.69) is 20.5 Å². The molecule has 0 bridgehead atoms. The number of anilines is 2. The summed E-state index contributed by atoms with van der Waals surface area (Å²) in [5.74, 6) is -1.30. The SMILES string of the molecule is Nc1ccc(S(=O)(=O)O)c(N=Nc2c(S(=O)(=O)O)cc3c(S(=O)(=O)O)cc(N=Nc4ccc5ccccc5c4S(=O)(=O)O)c(N)c3c2O)c1. The number of hydrogen-bond donors (Lipinski definition) is 7. The summed E-state index contributed by atoms with van der Waals surface area (Å²) < 4.78 is 137. The second kappa shape index (κ2) is 12.1. The van der Waals surface area contributed by atoms with E-state index in [1.54, 1.807) is 12.1 Å². The zero-order chi connectivity index (χ0) is 36.3. The zero-order valence-electron chi connectivity index (χ0n) is 23.9. The number of phenolic OH excluding ortho intramolecular Hbond substituents is 1. The molecule has 0 aromatic heterocycles. The molecule has 0 amide bonds. The van der Waals surface area contributed by atoms with Crippen LogP contribution in [-0.2, 0) is 40.5 Å². The molecule has 0 heterocycles. The third kappa shape index (κ3) is 6.90. The van der Waals surface area contributed by atoms with E-state index in [0.717, 1.165) is 24.3 Å². The minimum absolute atomic E-state index is 0.0364. The van der Waals surface area contributed by atoms with Gasteiger partial charge in [0.05, 0.1) is 11.1 Å². The number of hydrogen-bond acceptors (Lipinski definition) is 15. The lowest BCUT2D eigenvalue weighted by Crippen LogP contribution is -2.04. The van der Waals surface area contributed by atoms with Crippen molar-refractivity contribution in [2.45, 2.75) is 19.6 Å². The van der Waals surface area contributed by atoms with Gasteiger partial charge >= 0.3 is 0 Å². The van der Waals surface area contributed by atoms with Crippen LogP contribution in [0.1, 0.15) is 0 Å². The first-order chi connectivity index (χ1) is 22.6. The van der Waals surface area contributed by atoms with Crippen LogP contribution < -0.4 is 11.5 Å². The van der Waals surface area contributed by atoms with Crippen LogP contribution in [0.5, 0.6) is 5.75 Å². The maximum absolute atomic E-state index is 12.5. The molecule has 49 heavy (non-hydrogen) atoms. The number of aromatic hydroxyl groups is 1. The molecule has 19 nitrogen and oxygen atoms in total. The molecule has 0 aliphatic carbocycles. The number of benzene rings is 5. The van der Waals surface area contributed by atoms with Crippen molar-refractivity contribution in [2.75, 3.05) is 11.5 Å². The van der Waals surface area contributed by atoms with Crippen LogP contribution >= 0.6 is 0 Å². The molecule has 0 aliphatic rings. The van der Waals surface area contributed by atoms with E-state index in [4.69, 9.17) is 11.5 Å². The zero-order valence-corrected chi connectivity index (χ0v) is 27.2. The smallest absolute Gasteiger partial charge is 0.297 e. The average molecular weight is 753 g/mol. The van der Waals surface area contributed by atoms with Crippen molar-refractivity contribution in [1.82, 2.24) is 0 Å². The molecule has 0 aliphatic heterocycles. The standard InChI is InChI=1S/C26H20N6O13S4/c27-13-6-8-19(46(34,35)36)17(9-13)30-32-24-21(48(40,41)42)10-15-20(47(37,38)39)11-18(23(28)22(15)25(24)33)31-29-16-7-5-12-3-1-2-4-14(12)26(16)49(43,44)45/h1-11,33H,27-28H2,(H,34,35,36)(H,37,38,39)(H,40,41,42)(H,43,44,45). The molecule has 256 valence electrons. The van der Waals surface area contributed by atoms with Crippen LogP contribution in [0.2, 0.25) is 0 Å². The van der Waals surface area contributed by atoms with E-state index in [-0.39, 0.29) is 11.1 Å². The summed E-state index contributed by atoms with van der Waals surface area (Å²) in [5.41, 5.74) is 8.14. The van der Waals surface area contributed by atoms with Gasteiger partial charge in [-0.15, -0.1) is 20.5 Å². The second-order valence-electron chi connectivity index (χ2n) is 9.96. The first-order valence-corrected chi connectivity index (χ1v) is 18.6. The molecule has 23 heteroatoms. The molecule has 0 unspecified atom stereocenters. The van der Waals surface area contributed by atoms with Gasteiger partial charge in [-0.3, -0.25) is 18.2 Å². The van der Waals surface area contributed by atoms with Crippen LogP contribution in [0, 0.1) is 0 Å². The van der Waals surface area contributed by atoms with E-state index in [9.17, 15) is 57.0 Å². The Morgan fingerprint density at radius 2 is 1.12 bits per heavy atom. The van der Waals surface area contributed by atoms with Crippen molar-refractivity contribution < 1.29 is 57.0 Å². The molecule has 5 aromatic rings. The second-order valence-corrected chi connectivity index (χ2v) is 15.5. The largest absolute Gasteiger partial charge is 0.505 e. The van der Waals surface area contributed by atoms with Crippen LogP contribution in [0.3, 0.4) is 0 Å². The molecule has 5 aromatic carbocycles. The van der Waals surface area contributed by atoms with Gasteiger partial charge in [-0.2, -0.15) is 33.7 Å². The first-order valence-electron chi connectivity index (χ1n) is 12.9. The van der Waals surface area contributed by atoms with Crippen LogP contribution in [0.15, 0.2) is 107 Å². The normalized spacial score (nSPS) is 13.2. The highest BCUT2D eigenvalue weighted by Gasteiger charge is 2.29. The van der Waals surface area contributed by atoms with Gasteiger partial charge in [0.2, 0.25) is 0 Å². The van der Waals surface area contributed by atoms with E-state index >= 15 is 0 Å². The first kappa shape index (κ1) is 35.2. The minimum Gasteiger partial charge on any atom is -0.505 e. The van der Waals surface area contributed by atoms with Gasteiger partial charge in [-0.25, -0.2) is 0 Å². The fourth-order valence-electron chi connectivity index (χ4n) is 4.72. The summed E-state index contributed by atoms with van der Waals surface area (Å²) in [7, 11) is -20.6. The van der Waals surface area contributed by atoms with Crippen LogP contribution in [0.25, 0.3) is 21.5 Å². The highest BCUT2D eigenvalue weighted by atomic mass is 32.2. The van der Waals surface area contributed by atoms with Crippen molar-refractivity contribution in [3.05, 3.63) is 66.7 Å². The third-order valence-corrected chi connectivity index (χ3v) is 10.4. The monoisotopic (exact) mass is 752 g/mol. The number of rotatable bonds is 8. The molecule has 0 spiro atoms. The topological polar surface area (TPSA) is 339 Å². The van der Waals surface area contributed by atoms with E-state index in [1.807, 2.05) is 0 Å². The van der Waals surface area contributed by atoms with Gasteiger partial charge in [0.25, 0.3) is 40.5 Å². The van der Waals surface area contributed by atoms with E-state index in [1.165, 1.54) is 18.2 Å². The number of nitrogens with two attached hydrogens (primary N) is 2. The lowest BCUT2D eigenvalue weighted by Gasteiger charge is -2.14. The van der Waals surface area contributed by atoms with Crippen molar-refractivity contribution >= 4 is 96.1 Å². The summed E-state index contributed by atoms with van der Waals surface area (Å²) in [6, 6.07) is 12.4. The van der Waals surface area contributed by atoms with Gasteiger partial charge in [-0.05, 0) is 41.8 Å². The maximum atomic E-state index is 12.5. The molecular weight excluding hydrogens is 733 g/mol. The molecule has 0 saturated carbocycles. The molecule has 0 saturated heterocycles. The summed E-state index contributed by atoms with van der Waals surface area (Å²) in [4.78, 5) is -3.97. The van der Waals surface area contributed by atoms with Crippen LogP contribution in [-0.4, -0.2) is 57.0 Å². The Balaban J connectivity index is 1.83. The molecule has 9 N–H and O–H groups in total. The Morgan fingerprint density at radius 3 is 1.73 bits per heavy atom. The minimum atomic E-state index is -5.41. The lowest BCUT2D eigenvalue weighted by atomic mass is 10.0. The Hall–Kier alpha value is -5.14. The average Bonchev–Trinajstić information content (AvgIpc) is 2.97. The predicted octanol–water partition coefficient (Wildman–Crippen LogP) is 4.68. The van der Waals surface area contributed by atoms with E-state index < -0.39 is 105 Å². The molecular formula is C26H20N6O13S4. The van der Waals surface area contributed by atoms with Crippen LogP contribution in [0.4, 0.5) is 34.1 Å². The highest BCUT2D eigenvalue weighted by molar-refractivity contribution is 7.87. The van der Waals surface area contributed by atoms with Gasteiger partial charge in [0, 0.05) is 16.5 Å². The van der Waals surface area contributed by atoms with Gasteiger partial charge in [-0.1, -0.05) is 30.3 Å². The molecule has 0 radical (unpaired) electrons. The Bertz CT molecular complexity index is 2750. The molecule has 5 rings (SSSR count).